The van der Waals surface area contributed by atoms with Gasteiger partial charge in [0.05, 0.1) is 12.7 Å². The van der Waals surface area contributed by atoms with E-state index in [0.29, 0.717) is 34.0 Å². The van der Waals surface area contributed by atoms with Crippen molar-refractivity contribution in [3.8, 4) is 17.2 Å². The number of methoxy groups -OCH3 is 1. The summed E-state index contributed by atoms with van der Waals surface area (Å²) in [5.41, 5.74) is 4.19. The lowest BCUT2D eigenvalue weighted by molar-refractivity contribution is 0.0974. The number of carbonyl (C=O) groups excluding carboxylic acids is 1. The Bertz CT molecular complexity index is 1610. The minimum Gasteiger partial charge on any atom is -0.496 e. The number of oxazole rings is 1. The average molecular weight is 546 g/mol. The number of thiocarbonyl (C=S) groups is 1. The van der Waals surface area contributed by atoms with Crippen LogP contribution in [0.25, 0.3) is 33.3 Å². The van der Waals surface area contributed by atoms with Crippen molar-refractivity contribution in [3.05, 3.63) is 88.4 Å². The van der Waals surface area contributed by atoms with Crippen molar-refractivity contribution >= 4 is 66.7 Å². The Hall–Kier alpha value is -3.75. The van der Waals surface area contributed by atoms with Gasteiger partial charge in [-0.05, 0) is 71.9 Å². The molecule has 0 saturated carbocycles. The number of benzene rings is 4. The molecular weight excluding hydrogens is 526 g/mol. The normalized spacial score (nSPS) is 10.9. The van der Waals surface area contributed by atoms with E-state index in [-0.39, 0.29) is 11.0 Å². The summed E-state index contributed by atoms with van der Waals surface area (Å²) in [6, 6.07) is 22.9. The van der Waals surface area contributed by atoms with Crippen molar-refractivity contribution in [2.75, 3.05) is 12.4 Å². The number of hydrogen-bond donors (Lipinski definition) is 2. The first-order valence-corrected chi connectivity index (χ1v) is 12.0. The van der Waals surface area contributed by atoms with E-state index in [9.17, 15) is 4.79 Å². The van der Waals surface area contributed by atoms with Crippen molar-refractivity contribution in [1.82, 2.24) is 10.3 Å². The van der Waals surface area contributed by atoms with Gasteiger partial charge < -0.3 is 14.5 Å². The van der Waals surface area contributed by atoms with E-state index in [4.69, 9.17) is 26.4 Å². The second-order valence-corrected chi connectivity index (χ2v) is 9.17. The number of hydrogen-bond acceptors (Lipinski definition) is 5. The molecule has 35 heavy (non-hydrogen) atoms. The number of nitrogens with zero attached hydrogens (tertiary/aromatic N) is 1. The predicted octanol–water partition coefficient (Wildman–Crippen LogP) is 6.85. The van der Waals surface area contributed by atoms with Crippen LogP contribution >= 0.6 is 28.1 Å². The van der Waals surface area contributed by atoms with Gasteiger partial charge in [-0.2, -0.15) is 0 Å². The summed E-state index contributed by atoms with van der Waals surface area (Å²) in [5.74, 6) is 0.697. The van der Waals surface area contributed by atoms with E-state index >= 15 is 0 Å². The van der Waals surface area contributed by atoms with Crippen molar-refractivity contribution in [1.29, 1.82) is 0 Å². The van der Waals surface area contributed by atoms with Gasteiger partial charge in [-0.1, -0.05) is 52.3 Å². The number of rotatable bonds is 4. The Labute approximate surface area is 215 Å². The van der Waals surface area contributed by atoms with E-state index in [1.807, 2.05) is 61.5 Å². The summed E-state index contributed by atoms with van der Waals surface area (Å²) >= 11 is 8.97. The fraction of sp³-hybridized carbons (Fsp3) is 0.0741. The standard InChI is InChI=1S/C27H20BrN3O3S/c1-15-6-3-10-20(24(15)33-2)25(32)31-27(35)29-16-12-13-23-22(14-16)30-26(34-23)19-9-4-8-18-17(19)7-5-11-21(18)28/h3-14H,1-2H3,(H2,29,31,32,35). The van der Waals surface area contributed by atoms with Crippen LogP contribution in [0.4, 0.5) is 5.69 Å². The summed E-state index contributed by atoms with van der Waals surface area (Å²) in [7, 11) is 1.54. The lowest BCUT2D eigenvalue weighted by Crippen LogP contribution is -2.34. The van der Waals surface area contributed by atoms with E-state index in [1.54, 1.807) is 12.1 Å². The molecule has 2 N–H and O–H groups in total. The lowest BCUT2D eigenvalue weighted by Gasteiger charge is -2.13. The molecule has 5 aromatic rings. The number of anilines is 1. The summed E-state index contributed by atoms with van der Waals surface area (Å²) in [5, 5.41) is 8.04. The molecule has 0 bridgehead atoms. The van der Waals surface area contributed by atoms with E-state index in [0.717, 1.165) is 26.4 Å². The Morgan fingerprint density at radius 1 is 1.03 bits per heavy atom. The maximum absolute atomic E-state index is 12.7. The molecule has 1 amide bonds. The number of aromatic nitrogens is 1. The van der Waals surface area contributed by atoms with Crippen LogP contribution in [0.5, 0.6) is 5.75 Å². The van der Waals surface area contributed by atoms with Crippen LogP contribution in [-0.2, 0) is 0 Å². The third kappa shape index (κ3) is 4.50. The quantitative estimate of drug-likeness (QED) is 0.240. The number of para-hydroxylation sites is 1. The monoisotopic (exact) mass is 545 g/mol. The second-order valence-electron chi connectivity index (χ2n) is 7.91. The molecule has 0 atom stereocenters. The molecule has 8 heteroatoms. The average Bonchev–Trinajstić information content (AvgIpc) is 3.27. The molecule has 1 heterocycles. The van der Waals surface area contributed by atoms with Gasteiger partial charge in [0.1, 0.15) is 11.3 Å². The van der Waals surface area contributed by atoms with Gasteiger partial charge in [0.15, 0.2) is 10.7 Å². The minimum atomic E-state index is -0.352. The SMILES string of the molecule is COc1c(C)cccc1C(=O)NC(=S)Nc1ccc2oc(-c3cccc4c(Br)cccc34)nc2c1. The Morgan fingerprint density at radius 2 is 1.80 bits per heavy atom. The van der Waals surface area contributed by atoms with Gasteiger partial charge in [0.2, 0.25) is 5.89 Å². The van der Waals surface area contributed by atoms with Crippen molar-refractivity contribution < 1.29 is 13.9 Å². The molecule has 4 aromatic carbocycles. The molecular formula is C27H20BrN3O3S. The number of aryl methyl sites for hydroxylation is 1. The van der Waals surface area contributed by atoms with Gasteiger partial charge in [0.25, 0.3) is 5.91 Å². The lowest BCUT2D eigenvalue weighted by atomic mass is 10.0. The van der Waals surface area contributed by atoms with Crippen LogP contribution in [0.3, 0.4) is 0 Å². The second kappa shape index (κ2) is 9.48. The van der Waals surface area contributed by atoms with Gasteiger partial charge in [-0.3, -0.25) is 10.1 Å². The molecule has 0 fully saturated rings. The zero-order valence-corrected chi connectivity index (χ0v) is 21.3. The summed E-state index contributed by atoms with van der Waals surface area (Å²) in [6.45, 7) is 1.88. The number of amides is 1. The number of nitrogens with one attached hydrogen (secondary N) is 2. The third-order valence-electron chi connectivity index (χ3n) is 5.63. The first kappa shape index (κ1) is 23.0. The molecule has 0 aliphatic carbocycles. The summed E-state index contributed by atoms with van der Waals surface area (Å²) < 4.78 is 12.4. The van der Waals surface area contributed by atoms with Crippen LogP contribution in [-0.4, -0.2) is 23.1 Å². The maximum Gasteiger partial charge on any atom is 0.261 e. The third-order valence-corrected chi connectivity index (χ3v) is 6.53. The topological polar surface area (TPSA) is 76.4 Å². The molecule has 174 valence electrons. The van der Waals surface area contributed by atoms with Gasteiger partial charge in [-0.15, -0.1) is 0 Å². The smallest absolute Gasteiger partial charge is 0.261 e. The first-order chi connectivity index (χ1) is 16.9. The largest absolute Gasteiger partial charge is 0.496 e. The van der Waals surface area contributed by atoms with Gasteiger partial charge in [0, 0.05) is 15.7 Å². The molecule has 5 rings (SSSR count). The Kier molecular flexibility index (Phi) is 6.23. The molecule has 1 aromatic heterocycles. The van der Waals surface area contributed by atoms with Gasteiger partial charge in [-0.25, -0.2) is 4.98 Å². The minimum absolute atomic E-state index is 0.167. The van der Waals surface area contributed by atoms with E-state index < -0.39 is 0 Å². The zero-order valence-electron chi connectivity index (χ0n) is 18.9. The predicted molar refractivity (Wildman–Crippen MR) is 146 cm³/mol. The molecule has 0 spiro atoms. The Balaban J connectivity index is 1.38. The van der Waals surface area contributed by atoms with Crippen LogP contribution < -0.4 is 15.4 Å². The molecule has 0 radical (unpaired) electrons. The van der Waals surface area contributed by atoms with E-state index in [1.165, 1.54) is 7.11 Å². The zero-order chi connectivity index (χ0) is 24.5. The van der Waals surface area contributed by atoms with Crippen molar-refractivity contribution in [2.45, 2.75) is 6.92 Å². The maximum atomic E-state index is 12.7. The van der Waals surface area contributed by atoms with Crippen LogP contribution in [0, 0.1) is 6.92 Å². The Morgan fingerprint density at radius 3 is 2.63 bits per heavy atom. The number of halogens is 1. The van der Waals surface area contributed by atoms with Crippen LogP contribution in [0.1, 0.15) is 15.9 Å². The summed E-state index contributed by atoms with van der Waals surface area (Å²) in [4.78, 5) is 17.4. The number of carbonyl (C=O) groups is 1. The van der Waals surface area contributed by atoms with Gasteiger partial charge >= 0.3 is 0 Å². The highest BCUT2D eigenvalue weighted by molar-refractivity contribution is 9.10. The first-order valence-electron chi connectivity index (χ1n) is 10.8. The number of fused-ring (bicyclic) bond motifs is 2. The van der Waals surface area contributed by atoms with Crippen molar-refractivity contribution in [2.24, 2.45) is 0 Å². The van der Waals surface area contributed by atoms with E-state index in [2.05, 4.69) is 32.6 Å². The van der Waals surface area contributed by atoms with Crippen LogP contribution in [0.2, 0.25) is 0 Å². The molecule has 6 nitrogen and oxygen atoms in total. The highest BCUT2D eigenvalue weighted by Crippen LogP contribution is 2.34. The molecule has 0 unspecified atom stereocenters. The fourth-order valence-electron chi connectivity index (χ4n) is 4.01. The highest BCUT2D eigenvalue weighted by atomic mass is 79.9. The molecule has 0 aliphatic heterocycles. The molecule has 0 aliphatic rings. The highest BCUT2D eigenvalue weighted by Gasteiger charge is 2.16. The van der Waals surface area contributed by atoms with Crippen LogP contribution in [0.15, 0.2) is 81.7 Å². The fourth-order valence-corrected chi connectivity index (χ4v) is 4.72. The summed E-state index contributed by atoms with van der Waals surface area (Å²) in [6.07, 6.45) is 0. The van der Waals surface area contributed by atoms with Crippen molar-refractivity contribution in [3.63, 3.8) is 0 Å². The number of ether oxygens (including phenoxy) is 1. The molecule has 0 saturated heterocycles.